The van der Waals surface area contributed by atoms with E-state index in [-0.39, 0.29) is 10.8 Å². The summed E-state index contributed by atoms with van der Waals surface area (Å²) in [5.74, 6) is -0.634. The van der Waals surface area contributed by atoms with Gasteiger partial charge >= 0.3 is 6.09 Å². The van der Waals surface area contributed by atoms with Gasteiger partial charge in [-0.25, -0.2) is 14.0 Å². The molecule has 0 saturated carbocycles. The molecule has 0 spiro atoms. The zero-order valence-electron chi connectivity index (χ0n) is 6.66. The lowest BCUT2D eigenvalue weighted by Gasteiger charge is -2.00. The van der Waals surface area contributed by atoms with Gasteiger partial charge in [0.2, 0.25) is 6.08 Å². The van der Waals surface area contributed by atoms with Gasteiger partial charge < -0.3 is 4.74 Å². The molecule has 6 heteroatoms. The number of rotatable bonds is 1. The smallest absolute Gasteiger partial charge is 0.408 e. The van der Waals surface area contributed by atoms with Gasteiger partial charge in [-0.15, -0.1) is 0 Å². The van der Waals surface area contributed by atoms with Crippen LogP contribution in [-0.4, -0.2) is 12.2 Å². The van der Waals surface area contributed by atoms with Crippen LogP contribution in [0.25, 0.3) is 0 Å². The Morgan fingerprint density at radius 1 is 1.57 bits per heavy atom. The molecular weight excluding hydrogens is 213 g/mol. The summed E-state index contributed by atoms with van der Waals surface area (Å²) in [6, 6.07) is 3.30. The molecule has 0 fully saturated rings. The van der Waals surface area contributed by atoms with Crippen LogP contribution >= 0.6 is 11.6 Å². The van der Waals surface area contributed by atoms with Gasteiger partial charge in [0.15, 0.2) is 0 Å². The predicted molar refractivity (Wildman–Crippen MR) is 45.6 cm³/mol. The summed E-state index contributed by atoms with van der Waals surface area (Å²) < 4.78 is 17.1. The number of isocyanates is 1. The maximum absolute atomic E-state index is 12.6. The number of benzene rings is 1. The number of carbonyl (C=O) groups excluding carboxylic acids is 2. The highest BCUT2D eigenvalue weighted by molar-refractivity contribution is 6.30. The van der Waals surface area contributed by atoms with Crippen molar-refractivity contribution < 1.29 is 18.7 Å². The highest BCUT2D eigenvalue weighted by Gasteiger charge is 2.05. The lowest BCUT2D eigenvalue weighted by Crippen LogP contribution is -2.01. The molecule has 0 bridgehead atoms. The van der Waals surface area contributed by atoms with E-state index in [1.54, 1.807) is 0 Å². The van der Waals surface area contributed by atoms with Gasteiger partial charge in [0.25, 0.3) is 0 Å². The molecule has 1 amide bonds. The predicted octanol–water partition coefficient (Wildman–Crippen LogP) is 2.31. The van der Waals surface area contributed by atoms with Crippen LogP contribution in [0, 0.1) is 5.82 Å². The van der Waals surface area contributed by atoms with Crippen LogP contribution in [0.4, 0.5) is 9.18 Å². The molecule has 0 unspecified atom stereocenters. The normalized spacial score (nSPS) is 9.00. The largest absolute Gasteiger partial charge is 0.450 e. The molecule has 0 atom stereocenters. The Hall–Kier alpha value is -1.71. The van der Waals surface area contributed by atoms with Gasteiger partial charge in [-0.2, -0.15) is 0 Å². The lowest BCUT2D eigenvalue weighted by atomic mass is 10.3. The van der Waals surface area contributed by atoms with Crippen molar-refractivity contribution in [2.24, 2.45) is 4.99 Å². The molecule has 0 aromatic heterocycles. The van der Waals surface area contributed by atoms with E-state index in [9.17, 15) is 14.0 Å². The molecule has 14 heavy (non-hydrogen) atoms. The molecule has 0 aliphatic heterocycles. The van der Waals surface area contributed by atoms with Crippen LogP contribution < -0.4 is 4.74 Å². The van der Waals surface area contributed by atoms with Gasteiger partial charge in [0.1, 0.15) is 11.6 Å². The van der Waals surface area contributed by atoms with Crippen molar-refractivity contribution in [2.45, 2.75) is 0 Å². The van der Waals surface area contributed by atoms with E-state index in [2.05, 4.69) is 9.73 Å². The first-order valence-corrected chi connectivity index (χ1v) is 3.76. The number of hydrogen-bond donors (Lipinski definition) is 0. The molecule has 0 radical (unpaired) electrons. The molecule has 0 saturated heterocycles. The number of hydrogen-bond acceptors (Lipinski definition) is 3. The van der Waals surface area contributed by atoms with Crippen molar-refractivity contribution in [3.63, 3.8) is 0 Å². The molecule has 0 aliphatic rings. The molecular formula is C8H3ClFNO3. The summed E-state index contributed by atoms with van der Waals surface area (Å²) >= 11 is 5.40. The SMILES string of the molecule is O=C=NC(=O)Oc1ccc(F)c(Cl)c1. The van der Waals surface area contributed by atoms with Crippen molar-refractivity contribution >= 4 is 23.8 Å². The second-order valence-corrected chi connectivity index (χ2v) is 2.55. The average molecular weight is 216 g/mol. The minimum Gasteiger partial charge on any atom is -0.408 e. The van der Waals surface area contributed by atoms with E-state index in [0.717, 1.165) is 18.2 Å². The monoisotopic (exact) mass is 215 g/mol. The maximum Gasteiger partial charge on any atom is 0.450 e. The lowest BCUT2D eigenvalue weighted by molar-refractivity contribution is 0.211. The summed E-state index contributed by atoms with van der Waals surface area (Å²) in [4.78, 5) is 22.9. The maximum atomic E-state index is 12.6. The van der Waals surface area contributed by atoms with E-state index < -0.39 is 11.9 Å². The number of ether oxygens (including phenoxy) is 1. The van der Waals surface area contributed by atoms with Gasteiger partial charge in [0.05, 0.1) is 5.02 Å². The number of carbonyl (C=O) groups is 1. The quantitative estimate of drug-likeness (QED) is 0.534. The van der Waals surface area contributed by atoms with Crippen molar-refractivity contribution in [2.75, 3.05) is 0 Å². The van der Waals surface area contributed by atoms with Crippen LogP contribution in [0.5, 0.6) is 5.75 Å². The zero-order chi connectivity index (χ0) is 10.6. The Bertz CT molecular complexity index is 415. The summed E-state index contributed by atoms with van der Waals surface area (Å²) in [5.41, 5.74) is 0. The summed E-state index contributed by atoms with van der Waals surface area (Å²) in [6.07, 6.45) is -0.129. The van der Waals surface area contributed by atoms with Crippen LogP contribution in [0.3, 0.4) is 0 Å². The molecule has 0 aliphatic carbocycles. The average Bonchev–Trinajstić information content (AvgIpc) is 2.12. The molecule has 0 N–H and O–H groups in total. The fraction of sp³-hybridized carbons (Fsp3) is 0. The van der Waals surface area contributed by atoms with Crippen LogP contribution in [0.1, 0.15) is 0 Å². The van der Waals surface area contributed by atoms with E-state index in [0.29, 0.717) is 0 Å². The first-order chi connectivity index (χ1) is 6.63. The van der Waals surface area contributed by atoms with E-state index >= 15 is 0 Å². The zero-order valence-corrected chi connectivity index (χ0v) is 7.42. The Labute approximate surface area is 83.0 Å². The van der Waals surface area contributed by atoms with Crippen molar-refractivity contribution in [3.05, 3.63) is 29.0 Å². The van der Waals surface area contributed by atoms with Crippen LogP contribution in [0.2, 0.25) is 5.02 Å². The number of halogens is 2. The number of aliphatic imine (C=N–C) groups is 1. The third-order valence-electron chi connectivity index (χ3n) is 1.23. The minimum absolute atomic E-state index is 0.000370. The van der Waals surface area contributed by atoms with Gasteiger partial charge in [-0.1, -0.05) is 16.6 Å². The standard InChI is InChI=1S/C8H3ClFNO3/c9-6-3-5(1-2-7(6)10)14-8(13)11-4-12/h1-3H. The number of amides is 1. The topological polar surface area (TPSA) is 55.7 Å². The molecule has 1 aromatic carbocycles. The highest BCUT2D eigenvalue weighted by Crippen LogP contribution is 2.21. The molecule has 1 aromatic rings. The first-order valence-electron chi connectivity index (χ1n) is 3.38. The summed E-state index contributed by atoms with van der Waals surface area (Å²) in [6.45, 7) is 0. The molecule has 0 heterocycles. The second kappa shape index (κ2) is 4.50. The van der Waals surface area contributed by atoms with E-state index in [1.165, 1.54) is 6.07 Å². The fourth-order valence-corrected chi connectivity index (χ4v) is 0.872. The Morgan fingerprint density at radius 3 is 2.86 bits per heavy atom. The minimum atomic E-state index is -1.14. The number of nitrogens with zero attached hydrogens (tertiary/aromatic N) is 1. The van der Waals surface area contributed by atoms with E-state index in [1.807, 2.05) is 0 Å². The third-order valence-corrected chi connectivity index (χ3v) is 1.52. The molecule has 1 rings (SSSR count). The molecule has 4 nitrogen and oxygen atoms in total. The third kappa shape index (κ3) is 2.65. The Morgan fingerprint density at radius 2 is 2.29 bits per heavy atom. The summed E-state index contributed by atoms with van der Waals surface area (Å²) in [7, 11) is 0. The van der Waals surface area contributed by atoms with E-state index in [4.69, 9.17) is 11.6 Å². The van der Waals surface area contributed by atoms with Gasteiger partial charge in [0, 0.05) is 6.07 Å². The second-order valence-electron chi connectivity index (χ2n) is 2.15. The first kappa shape index (κ1) is 10.4. The van der Waals surface area contributed by atoms with Crippen LogP contribution in [-0.2, 0) is 4.79 Å². The molecule has 72 valence electrons. The summed E-state index contributed by atoms with van der Waals surface area (Å²) in [5, 5.41) is -0.189. The van der Waals surface area contributed by atoms with Crippen molar-refractivity contribution in [3.8, 4) is 5.75 Å². The van der Waals surface area contributed by atoms with Crippen molar-refractivity contribution in [1.82, 2.24) is 0 Å². The van der Waals surface area contributed by atoms with Crippen molar-refractivity contribution in [1.29, 1.82) is 0 Å². The van der Waals surface area contributed by atoms with Gasteiger partial charge in [-0.05, 0) is 12.1 Å². The Balaban J connectivity index is 2.83. The highest BCUT2D eigenvalue weighted by atomic mass is 35.5. The fourth-order valence-electron chi connectivity index (χ4n) is 0.701. The van der Waals surface area contributed by atoms with Crippen LogP contribution in [0.15, 0.2) is 23.2 Å². The van der Waals surface area contributed by atoms with Gasteiger partial charge in [-0.3, -0.25) is 0 Å². The Kier molecular flexibility index (Phi) is 3.34.